The van der Waals surface area contributed by atoms with Crippen molar-refractivity contribution in [2.45, 2.75) is 19.9 Å². The molecule has 0 spiro atoms. The van der Waals surface area contributed by atoms with Gasteiger partial charge in [-0.2, -0.15) is 0 Å². The molecule has 6 nitrogen and oxygen atoms in total. The second-order valence-electron chi connectivity index (χ2n) is 4.47. The predicted molar refractivity (Wildman–Crippen MR) is 68.6 cm³/mol. The molecule has 0 unspecified atom stereocenters. The minimum Gasteiger partial charge on any atom is -0.480 e. The highest BCUT2D eigenvalue weighted by molar-refractivity contribution is 5.88. The molecule has 0 amide bonds. The second kappa shape index (κ2) is 4.64. The molecule has 1 N–H and O–H groups in total. The molecule has 18 heavy (non-hydrogen) atoms. The third-order valence-corrected chi connectivity index (χ3v) is 2.82. The molecule has 0 saturated carbocycles. The van der Waals surface area contributed by atoms with Gasteiger partial charge in [0.05, 0.1) is 11.8 Å². The van der Waals surface area contributed by atoms with Crippen molar-refractivity contribution in [1.82, 2.24) is 14.5 Å². The number of imidazole rings is 1. The lowest BCUT2D eigenvalue weighted by Gasteiger charge is -2.26. The van der Waals surface area contributed by atoms with Gasteiger partial charge in [0.1, 0.15) is 12.1 Å². The van der Waals surface area contributed by atoms with Crippen molar-refractivity contribution in [2.75, 3.05) is 11.4 Å². The van der Waals surface area contributed by atoms with Crippen LogP contribution in [0.5, 0.6) is 0 Å². The highest BCUT2D eigenvalue weighted by Gasteiger charge is 2.19. The third kappa shape index (κ3) is 2.13. The summed E-state index contributed by atoms with van der Waals surface area (Å²) in [5.74, 6) is -0.260. The van der Waals surface area contributed by atoms with Crippen molar-refractivity contribution in [3.8, 4) is 0 Å². The molecule has 96 valence electrons. The average molecular weight is 248 g/mol. The Morgan fingerprint density at radius 3 is 2.83 bits per heavy atom. The maximum absolute atomic E-state index is 10.9. The fourth-order valence-electron chi connectivity index (χ4n) is 1.91. The molecule has 0 bridgehead atoms. The van der Waals surface area contributed by atoms with E-state index in [0.717, 1.165) is 11.0 Å². The summed E-state index contributed by atoms with van der Waals surface area (Å²) in [7, 11) is 1.90. The summed E-state index contributed by atoms with van der Waals surface area (Å²) >= 11 is 0. The monoisotopic (exact) mass is 248 g/mol. The molecule has 0 aliphatic rings. The van der Waals surface area contributed by atoms with Crippen molar-refractivity contribution < 1.29 is 9.90 Å². The lowest BCUT2D eigenvalue weighted by atomic mass is 10.2. The highest BCUT2D eigenvalue weighted by atomic mass is 16.4. The highest BCUT2D eigenvalue weighted by Crippen LogP contribution is 2.23. The van der Waals surface area contributed by atoms with E-state index in [-0.39, 0.29) is 12.6 Å². The van der Waals surface area contributed by atoms with E-state index in [2.05, 4.69) is 9.97 Å². The van der Waals surface area contributed by atoms with Gasteiger partial charge >= 0.3 is 5.97 Å². The second-order valence-corrected chi connectivity index (χ2v) is 4.47. The first-order chi connectivity index (χ1) is 8.50. The van der Waals surface area contributed by atoms with Gasteiger partial charge in [0.15, 0.2) is 5.82 Å². The van der Waals surface area contributed by atoms with Gasteiger partial charge in [0.2, 0.25) is 0 Å². The molecule has 0 atom stereocenters. The van der Waals surface area contributed by atoms with Gasteiger partial charge in [-0.15, -0.1) is 0 Å². The van der Waals surface area contributed by atoms with Gasteiger partial charge in [-0.25, -0.2) is 9.97 Å². The average Bonchev–Trinajstić information content (AvgIpc) is 2.68. The van der Waals surface area contributed by atoms with Gasteiger partial charge in [-0.3, -0.25) is 4.79 Å². The first-order valence-electron chi connectivity index (χ1n) is 5.75. The Morgan fingerprint density at radius 1 is 1.50 bits per heavy atom. The molecule has 2 aromatic heterocycles. The lowest BCUT2D eigenvalue weighted by Crippen LogP contribution is -2.36. The van der Waals surface area contributed by atoms with E-state index in [1.54, 1.807) is 17.4 Å². The van der Waals surface area contributed by atoms with Crippen molar-refractivity contribution in [3.05, 3.63) is 18.6 Å². The summed E-state index contributed by atoms with van der Waals surface area (Å²) in [5.41, 5.74) is 1.67. The normalized spacial score (nSPS) is 11.1. The number of rotatable bonds is 4. The Kier molecular flexibility index (Phi) is 3.18. The van der Waals surface area contributed by atoms with Crippen molar-refractivity contribution in [3.63, 3.8) is 0 Å². The zero-order valence-electron chi connectivity index (χ0n) is 10.7. The molecule has 2 heterocycles. The number of hydrogen-bond donors (Lipinski definition) is 1. The molecule has 6 heteroatoms. The number of carbonyl (C=O) groups is 1. The molecule has 0 saturated heterocycles. The summed E-state index contributed by atoms with van der Waals surface area (Å²) in [6, 6.07) is 1.91. The Hall–Kier alpha value is -2.11. The summed E-state index contributed by atoms with van der Waals surface area (Å²) in [4.78, 5) is 21.2. The molecule has 0 aliphatic carbocycles. The fraction of sp³-hybridized carbons (Fsp3) is 0.417. The SMILES string of the molecule is CC(C)N(CC(=O)O)c1nccc2c1ncn2C. The van der Waals surface area contributed by atoms with Crippen molar-refractivity contribution >= 4 is 22.8 Å². The van der Waals surface area contributed by atoms with E-state index in [1.807, 2.05) is 31.5 Å². The van der Waals surface area contributed by atoms with Crippen LogP contribution < -0.4 is 4.90 Å². The van der Waals surface area contributed by atoms with Gasteiger partial charge in [-0.05, 0) is 19.9 Å². The number of fused-ring (bicyclic) bond motifs is 1. The van der Waals surface area contributed by atoms with Crippen LogP contribution in [0.15, 0.2) is 18.6 Å². The number of anilines is 1. The Balaban J connectivity index is 2.53. The number of hydrogen-bond acceptors (Lipinski definition) is 4. The van der Waals surface area contributed by atoms with Crippen LogP contribution in [0.1, 0.15) is 13.8 Å². The zero-order valence-corrected chi connectivity index (χ0v) is 10.7. The van der Waals surface area contributed by atoms with Crippen LogP contribution in [0.4, 0.5) is 5.82 Å². The maximum Gasteiger partial charge on any atom is 0.323 e. The van der Waals surface area contributed by atoms with Gasteiger partial charge in [-0.1, -0.05) is 0 Å². The summed E-state index contributed by atoms with van der Waals surface area (Å²) in [6.07, 6.45) is 3.38. The number of aliphatic carboxylic acids is 1. The topological polar surface area (TPSA) is 71.2 Å². The Morgan fingerprint density at radius 2 is 2.22 bits per heavy atom. The maximum atomic E-state index is 10.9. The first kappa shape index (κ1) is 12.3. The van der Waals surface area contributed by atoms with Crippen LogP contribution in [0.2, 0.25) is 0 Å². The number of aromatic nitrogens is 3. The smallest absolute Gasteiger partial charge is 0.323 e. The van der Waals surface area contributed by atoms with E-state index in [1.165, 1.54) is 0 Å². The Labute approximate surface area is 105 Å². The molecule has 0 radical (unpaired) electrons. The van der Waals surface area contributed by atoms with Crippen LogP contribution in [-0.4, -0.2) is 38.2 Å². The van der Waals surface area contributed by atoms with Gasteiger partial charge in [0.25, 0.3) is 0 Å². The molecule has 0 fully saturated rings. The largest absolute Gasteiger partial charge is 0.480 e. The number of carboxylic acid groups (broad SMARTS) is 1. The summed E-state index contributed by atoms with van der Waals surface area (Å²) in [5, 5.41) is 8.98. The van der Waals surface area contributed by atoms with Crippen LogP contribution in [-0.2, 0) is 11.8 Å². The third-order valence-electron chi connectivity index (χ3n) is 2.82. The molecule has 0 aromatic carbocycles. The first-order valence-corrected chi connectivity index (χ1v) is 5.75. The van der Waals surface area contributed by atoms with E-state index < -0.39 is 5.97 Å². The number of pyridine rings is 1. The molecular formula is C12H16N4O2. The van der Waals surface area contributed by atoms with E-state index in [9.17, 15) is 4.79 Å². The van der Waals surface area contributed by atoms with E-state index in [0.29, 0.717) is 5.82 Å². The van der Waals surface area contributed by atoms with E-state index in [4.69, 9.17) is 5.11 Å². The minimum absolute atomic E-state index is 0.0428. The standard InChI is InChI=1S/C12H16N4O2/c1-8(2)16(6-10(17)18)12-11-9(4-5-13-12)15(3)7-14-11/h4-5,7-8H,6H2,1-3H3,(H,17,18). The van der Waals surface area contributed by atoms with Crippen LogP contribution in [0.3, 0.4) is 0 Å². The Bertz CT molecular complexity index is 576. The molecular weight excluding hydrogens is 232 g/mol. The van der Waals surface area contributed by atoms with Gasteiger partial charge in [0, 0.05) is 19.3 Å². The summed E-state index contributed by atoms with van der Waals surface area (Å²) in [6.45, 7) is 3.79. The predicted octanol–water partition coefficient (Wildman–Crippen LogP) is 1.27. The fourth-order valence-corrected chi connectivity index (χ4v) is 1.91. The van der Waals surface area contributed by atoms with E-state index >= 15 is 0 Å². The van der Waals surface area contributed by atoms with Crippen LogP contribution in [0, 0.1) is 0 Å². The minimum atomic E-state index is -0.876. The molecule has 2 rings (SSSR count). The van der Waals surface area contributed by atoms with Gasteiger partial charge < -0.3 is 14.6 Å². The van der Waals surface area contributed by atoms with Crippen LogP contribution in [0.25, 0.3) is 11.0 Å². The zero-order chi connectivity index (χ0) is 13.3. The molecule has 0 aliphatic heterocycles. The van der Waals surface area contributed by atoms with Crippen molar-refractivity contribution in [1.29, 1.82) is 0 Å². The van der Waals surface area contributed by atoms with Crippen LogP contribution >= 0.6 is 0 Å². The van der Waals surface area contributed by atoms with Crippen molar-refractivity contribution in [2.24, 2.45) is 7.05 Å². The summed E-state index contributed by atoms with van der Waals surface area (Å²) < 4.78 is 1.89. The number of nitrogens with zero attached hydrogens (tertiary/aromatic N) is 4. The lowest BCUT2D eigenvalue weighted by molar-refractivity contribution is -0.135. The number of aryl methyl sites for hydroxylation is 1. The quantitative estimate of drug-likeness (QED) is 0.882. The molecule has 2 aromatic rings. The number of carboxylic acids is 1.